The quantitative estimate of drug-likeness (QED) is 0.397. The second-order valence-electron chi connectivity index (χ2n) is 5.73. The number of hydrogen-bond acceptors (Lipinski definition) is 0. The third-order valence-corrected chi connectivity index (χ3v) is 4.24. The highest BCUT2D eigenvalue weighted by Crippen LogP contribution is 2.25. The van der Waals surface area contributed by atoms with Crippen molar-refractivity contribution in [2.75, 3.05) is 0 Å². The first-order chi connectivity index (χ1) is 7.65. The summed E-state index contributed by atoms with van der Waals surface area (Å²) in [6.45, 7) is 11.8. The average Bonchev–Trinajstić information content (AvgIpc) is 2.26. The molecule has 0 heterocycles. The molecule has 0 aliphatic heterocycles. The minimum Gasteiger partial charge on any atom is -0.0654 e. The van der Waals surface area contributed by atoms with Gasteiger partial charge < -0.3 is 0 Å². The lowest BCUT2D eigenvalue weighted by molar-refractivity contribution is 0.305. The molecule has 0 N–H and O–H groups in total. The van der Waals surface area contributed by atoms with Gasteiger partial charge in [0.15, 0.2) is 0 Å². The Labute approximate surface area is 104 Å². The van der Waals surface area contributed by atoms with Crippen LogP contribution in [-0.4, -0.2) is 0 Å². The Balaban J connectivity index is 3.50. The Morgan fingerprint density at radius 2 is 1.31 bits per heavy atom. The van der Waals surface area contributed by atoms with E-state index in [1.807, 2.05) is 0 Å². The minimum absolute atomic E-state index is 0.941. The van der Waals surface area contributed by atoms with E-state index >= 15 is 0 Å². The third-order valence-electron chi connectivity index (χ3n) is 4.24. The molecule has 98 valence electrons. The zero-order valence-corrected chi connectivity index (χ0v) is 12.4. The monoisotopic (exact) mass is 226 g/mol. The number of hydrogen-bond donors (Lipinski definition) is 0. The molecule has 0 aliphatic carbocycles. The molecule has 0 saturated carbocycles. The molecule has 0 radical (unpaired) electrons. The lowest BCUT2D eigenvalue weighted by Gasteiger charge is -2.21. The lowest BCUT2D eigenvalue weighted by atomic mass is 9.85. The predicted octanol–water partition coefficient (Wildman–Crippen LogP) is 6.06. The van der Waals surface area contributed by atoms with Gasteiger partial charge in [0.2, 0.25) is 0 Å². The van der Waals surface area contributed by atoms with E-state index < -0.39 is 0 Å². The fraction of sp³-hybridized carbons (Fsp3) is 1.00. The van der Waals surface area contributed by atoms with E-state index in [4.69, 9.17) is 0 Å². The fourth-order valence-electron chi connectivity index (χ4n) is 2.93. The molecule has 0 aromatic heterocycles. The van der Waals surface area contributed by atoms with E-state index in [1.165, 1.54) is 51.4 Å². The number of rotatable bonds is 10. The predicted molar refractivity (Wildman–Crippen MR) is 75.8 cm³/mol. The maximum absolute atomic E-state index is 2.45. The van der Waals surface area contributed by atoms with Crippen LogP contribution < -0.4 is 0 Å². The summed E-state index contributed by atoms with van der Waals surface area (Å²) in [6, 6.07) is 0. The molecule has 0 nitrogen and oxygen atoms in total. The van der Waals surface area contributed by atoms with Crippen LogP contribution in [0.4, 0.5) is 0 Å². The van der Waals surface area contributed by atoms with Gasteiger partial charge in [-0.3, -0.25) is 0 Å². The maximum Gasteiger partial charge on any atom is -0.0394 e. The minimum atomic E-state index is 0.941. The van der Waals surface area contributed by atoms with Crippen molar-refractivity contribution in [1.29, 1.82) is 0 Å². The molecule has 2 atom stereocenters. The van der Waals surface area contributed by atoms with Crippen LogP contribution in [0.1, 0.15) is 86.0 Å². The van der Waals surface area contributed by atoms with Crippen molar-refractivity contribution in [3.8, 4) is 0 Å². The largest absolute Gasteiger partial charge is 0.0654 e. The smallest absolute Gasteiger partial charge is 0.0394 e. The molecule has 0 bridgehead atoms. The third kappa shape index (κ3) is 7.30. The Morgan fingerprint density at radius 1 is 0.750 bits per heavy atom. The summed E-state index contributed by atoms with van der Waals surface area (Å²) in [6.07, 6.45) is 11.3. The highest BCUT2D eigenvalue weighted by molar-refractivity contribution is 4.64. The van der Waals surface area contributed by atoms with Crippen molar-refractivity contribution >= 4 is 0 Å². The van der Waals surface area contributed by atoms with Gasteiger partial charge in [-0.25, -0.2) is 0 Å². The van der Waals surface area contributed by atoms with Crippen LogP contribution in [0.15, 0.2) is 0 Å². The molecular weight excluding hydrogens is 192 g/mol. The summed E-state index contributed by atoms with van der Waals surface area (Å²) in [5.74, 6) is 2.86. The van der Waals surface area contributed by atoms with Gasteiger partial charge in [-0.2, -0.15) is 0 Å². The Hall–Kier alpha value is 0. The summed E-state index contributed by atoms with van der Waals surface area (Å²) in [5, 5.41) is 0. The fourth-order valence-corrected chi connectivity index (χ4v) is 2.93. The van der Waals surface area contributed by atoms with Crippen molar-refractivity contribution in [3.63, 3.8) is 0 Å². The summed E-state index contributed by atoms with van der Waals surface area (Å²) in [4.78, 5) is 0. The lowest BCUT2D eigenvalue weighted by Crippen LogP contribution is -2.09. The second-order valence-corrected chi connectivity index (χ2v) is 5.73. The Kier molecular flexibility index (Phi) is 10.2. The first-order valence-electron chi connectivity index (χ1n) is 7.65. The van der Waals surface area contributed by atoms with E-state index in [1.54, 1.807) is 0 Å². The highest BCUT2D eigenvalue weighted by atomic mass is 14.2. The van der Waals surface area contributed by atoms with Gasteiger partial charge in [0.05, 0.1) is 0 Å². The van der Waals surface area contributed by atoms with Crippen LogP contribution in [0.25, 0.3) is 0 Å². The van der Waals surface area contributed by atoms with Gasteiger partial charge in [0.1, 0.15) is 0 Å². The summed E-state index contributed by atoms with van der Waals surface area (Å²) in [7, 11) is 0. The topological polar surface area (TPSA) is 0 Å². The highest BCUT2D eigenvalue weighted by Gasteiger charge is 2.12. The van der Waals surface area contributed by atoms with Gasteiger partial charge >= 0.3 is 0 Å². The molecule has 0 fully saturated rings. The molecule has 16 heavy (non-hydrogen) atoms. The van der Waals surface area contributed by atoms with Crippen LogP contribution in [0.5, 0.6) is 0 Å². The van der Waals surface area contributed by atoms with E-state index in [0.717, 1.165) is 17.8 Å². The molecular formula is C16H34. The Bertz CT molecular complexity index is 135. The van der Waals surface area contributed by atoms with Crippen molar-refractivity contribution in [3.05, 3.63) is 0 Å². The van der Waals surface area contributed by atoms with Crippen LogP contribution in [-0.2, 0) is 0 Å². The van der Waals surface area contributed by atoms with Crippen LogP contribution >= 0.6 is 0 Å². The summed E-state index contributed by atoms with van der Waals surface area (Å²) in [5.41, 5.74) is 0. The maximum atomic E-state index is 2.45. The van der Waals surface area contributed by atoms with Gasteiger partial charge in [-0.05, 0) is 17.8 Å². The normalized spacial score (nSPS) is 15.4. The molecule has 2 unspecified atom stereocenters. The van der Waals surface area contributed by atoms with E-state index in [-0.39, 0.29) is 0 Å². The van der Waals surface area contributed by atoms with Crippen molar-refractivity contribution in [1.82, 2.24) is 0 Å². The van der Waals surface area contributed by atoms with E-state index in [2.05, 4.69) is 34.6 Å². The van der Waals surface area contributed by atoms with Crippen LogP contribution in [0.2, 0.25) is 0 Å². The second kappa shape index (κ2) is 10.2. The van der Waals surface area contributed by atoms with Crippen molar-refractivity contribution < 1.29 is 0 Å². The summed E-state index contributed by atoms with van der Waals surface area (Å²) >= 11 is 0. The molecule has 0 saturated heterocycles. The van der Waals surface area contributed by atoms with Gasteiger partial charge in [0.25, 0.3) is 0 Å². The zero-order chi connectivity index (χ0) is 12.4. The van der Waals surface area contributed by atoms with Gasteiger partial charge in [0, 0.05) is 0 Å². The van der Waals surface area contributed by atoms with Crippen LogP contribution in [0.3, 0.4) is 0 Å². The zero-order valence-electron chi connectivity index (χ0n) is 12.4. The molecule has 0 amide bonds. The molecule has 0 aromatic carbocycles. The molecule has 0 spiro atoms. The van der Waals surface area contributed by atoms with Gasteiger partial charge in [-0.1, -0.05) is 86.0 Å². The van der Waals surface area contributed by atoms with E-state index in [0.29, 0.717) is 0 Å². The Morgan fingerprint density at radius 3 is 1.81 bits per heavy atom. The SMILES string of the molecule is CCCC(C)CCCCC(C)C(CC)CC. The molecule has 0 aromatic rings. The van der Waals surface area contributed by atoms with E-state index in [9.17, 15) is 0 Å². The number of unbranched alkanes of at least 4 members (excludes halogenated alkanes) is 1. The first-order valence-corrected chi connectivity index (χ1v) is 7.65. The first kappa shape index (κ1) is 16.0. The molecule has 0 aliphatic rings. The standard InChI is InChI=1S/C16H34/c1-6-11-14(4)12-9-10-13-15(5)16(7-2)8-3/h14-16H,6-13H2,1-5H3. The van der Waals surface area contributed by atoms with Gasteiger partial charge in [-0.15, -0.1) is 0 Å². The van der Waals surface area contributed by atoms with Crippen molar-refractivity contribution in [2.45, 2.75) is 86.0 Å². The molecule has 0 rings (SSSR count). The average molecular weight is 226 g/mol. The summed E-state index contributed by atoms with van der Waals surface area (Å²) < 4.78 is 0. The van der Waals surface area contributed by atoms with Crippen LogP contribution in [0, 0.1) is 17.8 Å². The molecule has 0 heteroatoms. The van der Waals surface area contributed by atoms with Crippen molar-refractivity contribution in [2.24, 2.45) is 17.8 Å².